The normalized spacial score (nSPS) is 17.4. The molecule has 0 aromatic heterocycles. The summed E-state index contributed by atoms with van der Waals surface area (Å²) in [6.45, 7) is 14.0. The molecule has 0 amide bonds. The first-order chi connectivity index (χ1) is 5.99. The van der Waals surface area contributed by atoms with Crippen molar-refractivity contribution < 1.29 is 18.9 Å². The molecule has 0 fully saturated rings. The minimum atomic E-state index is 0. The van der Waals surface area contributed by atoms with Crippen molar-refractivity contribution in [3.8, 4) is 0 Å². The van der Waals surface area contributed by atoms with Crippen LogP contribution in [-0.2, 0) is 0 Å². The van der Waals surface area contributed by atoms with E-state index < -0.39 is 0 Å². The third kappa shape index (κ3) is 4.41. The number of hydrogen-bond acceptors (Lipinski definition) is 0. The summed E-state index contributed by atoms with van der Waals surface area (Å²) in [6, 6.07) is 0. The van der Waals surface area contributed by atoms with Gasteiger partial charge in [-0.1, -0.05) is 59.3 Å². The van der Waals surface area contributed by atoms with Gasteiger partial charge in [-0.25, -0.2) is 0 Å². The van der Waals surface area contributed by atoms with Crippen LogP contribution in [0.4, 0.5) is 0 Å². The van der Waals surface area contributed by atoms with Gasteiger partial charge in [-0.05, 0) is 0 Å². The molecule has 0 saturated heterocycles. The molecule has 2 unspecified atom stereocenters. The summed E-state index contributed by atoms with van der Waals surface area (Å²) in [5.74, 6) is 2.43. The molecule has 0 rings (SSSR count). The van der Waals surface area contributed by atoms with Crippen molar-refractivity contribution in [3.63, 3.8) is 0 Å². The van der Waals surface area contributed by atoms with Crippen LogP contribution in [0.2, 0.25) is 0 Å². The zero-order chi connectivity index (χ0) is 10.5. The first kappa shape index (κ1) is 17.0. The average Bonchev–Trinajstić information content (AvgIpc) is 2.12. The maximum Gasteiger partial charge on any atom is 1.00 e. The molecule has 0 spiro atoms. The Balaban J connectivity index is 0. The van der Waals surface area contributed by atoms with Gasteiger partial charge in [0.05, 0.1) is 0 Å². The zero-order valence-electron chi connectivity index (χ0n) is 11.4. The molecular formula is C13H27Li. The molecule has 0 N–H and O–H groups in total. The molecule has 0 aromatic carbocycles. The van der Waals surface area contributed by atoms with Crippen molar-refractivity contribution in [3.05, 3.63) is 5.92 Å². The van der Waals surface area contributed by atoms with Crippen molar-refractivity contribution in [1.82, 2.24) is 0 Å². The Bertz CT molecular complexity index is 131. The van der Waals surface area contributed by atoms with Crippen molar-refractivity contribution >= 4 is 0 Å². The molecule has 0 saturated carbocycles. The predicted molar refractivity (Wildman–Crippen MR) is 61.7 cm³/mol. The van der Waals surface area contributed by atoms with Gasteiger partial charge in [-0.2, -0.15) is 19.3 Å². The summed E-state index contributed by atoms with van der Waals surface area (Å²) < 4.78 is 0. The van der Waals surface area contributed by atoms with Crippen molar-refractivity contribution in [2.75, 3.05) is 0 Å². The molecule has 14 heavy (non-hydrogen) atoms. The minimum absolute atomic E-state index is 0. The van der Waals surface area contributed by atoms with Gasteiger partial charge < -0.3 is 5.92 Å². The van der Waals surface area contributed by atoms with Gasteiger partial charge in [0, 0.05) is 0 Å². The van der Waals surface area contributed by atoms with E-state index in [1.54, 1.807) is 5.92 Å². The van der Waals surface area contributed by atoms with E-state index in [0.29, 0.717) is 5.41 Å². The Kier molecular flexibility index (Phi) is 9.52. The molecule has 1 heteroatoms. The molecule has 80 valence electrons. The summed E-state index contributed by atoms with van der Waals surface area (Å²) in [5, 5.41) is 0. The second-order valence-electron chi connectivity index (χ2n) is 4.83. The van der Waals surface area contributed by atoms with E-state index in [9.17, 15) is 0 Å². The SMILES string of the molecule is CCCCC(C)([C-](C)C)C(C)CC.[Li+]. The Morgan fingerprint density at radius 2 is 1.71 bits per heavy atom. The fraction of sp³-hybridized carbons (Fsp3) is 0.923. The fourth-order valence-corrected chi connectivity index (χ4v) is 1.98. The van der Waals surface area contributed by atoms with E-state index in [1.807, 2.05) is 0 Å². The van der Waals surface area contributed by atoms with Gasteiger partial charge in [0.25, 0.3) is 0 Å². The standard InChI is InChI=1S/C13H27.Li/c1-7-9-10-13(6,11(3)4)12(5)8-2;/h12H,7-10H2,1-6H3;/q-1;+1. The maximum absolute atomic E-state index is 2.44. The molecule has 0 aliphatic rings. The zero-order valence-corrected chi connectivity index (χ0v) is 11.4. The van der Waals surface area contributed by atoms with E-state index in [4.69, 9.17) is 0 Å². The predicted octanol–water partition coefficient (Wildman–Crippen LogP) is 1.85. The van der Waals surface area contributed by atoms with Crippen LogP contribution in [0.25, 0.3) is 0 Å². The molecule has 0 aliphatic heterocycles. The quantitative estimate of drug-likeness (QED) is 0.443. The van der Waals surface area contributed by atoms with Gasteiger partial charge in [-0.15, -0.1) is 0 Å². The molecule has 0 nitrogen and oxygen atoms in total. The van der Waals surface area contributed by atoms with Crippen LogP contribution in [0, 0.1) is 17.3 Å². The monoisotopic (exact) mass is 190 g/mol. The van der Waals surface area contributed by atoms with E-state index in [1.165, 1.54) is 25.7 Å². The van der Waals surface area contributed by atoms with E-state index in [2.05, 4.69) is 41.5 Å². The van der Waals surface area contributed by atoms with Crippen LogP contribution in [0.1, 0.15) is 67.2 Å². The fourth-order valence-electron chi connectivity index (χ4n) is 1.98. The topological polar surface area (TPSA) is 0 Å². The second-order valence-corrected chi connectivity index (χ2v) is 4.83. The van der Waals surface area contributed by atoms with Crippen molar-refractivity contribution in [2.45, 2.75) is 67.2 Å². The minimum Gasteiger partial charge on any atom is -0.314 e. The van der Waals surface area contributed by atoms with Crippen LogP contribution in [0.15, 0.2) is 0 Å². The van der Waals surface area contributed by atoms with Gasteiger partial charge in [0.15, 0.2) is 0 Å². The third-order valence-electron chi connectivity index (χ3n) is 3.89. The molecule has 0 radical (unpaired) electrons. The van der Waals surface area contributed by atoms with Crippen LogP contribution < -0.4 is 18.9 Å². The number of unbranched alkanes of at least 4 members (excludes halogenated alkanes) is 1. The molecule has 0 aliphatic carbocycles. The summed E-state index contributed by atoms with van der Waals surface area (Å²) in [5.41, 5.74) is 0.477. The summed E-state index contributed by atoms with van der Waals surface area (Å²) in [4.78, 5) is 0. The number of hydrogen-bond donors (Lipinski definition) is 0. The van der Waals surface area contributed by atoms with Gasteiger partial charge >= 0.3 is 18.9 Å². The van der Waals surface area contributed by atoms with Gasteiger partial charge in [0.1, 0.15) is 0 Å². The maximum atomic E-state index is 2.44. The average molecular weight is 190 g/mol. The summed E-state index contributed by atoms with van der Waals surface area (Å²) in [6.07, 6.45) is 5.34. The summed E-state index contributed by atoms with van der Waals surface area (Å²) >= 11 is 0. The Labute approximate surface area is 103 Å². The van der Waals surface area contributed by atoms with Gasteiger partial charge in [-0.3, -0.25) is 0 Å². The van der Waals surface area contributed by atoms with E-state index in [-0.39, 0.29) is 18.9 Å². The van der Waals surface area contributed by atoms with E-state index >= 15 is 0 Å². The van der Waals surface area contributed by atoms with Crippen molar-refractivity contribution in [1.29, 1.82) is 0 Å². The molecule has 0 aromatic rings. The van der Waals surface area contributed by atoms with Crippen LogP contribution in [0.3, 0.4) is 0 Å². The largest absolute Gasteiger partial charge is 1.00 e. The van der Waals surface area contributed by atoms with Crippen molar-refractivity contribution in [2.24, 2.45) is 11.3 Å². The third-order valence-corrected chi connectivity index (χ3v) is 3.89. The smallest absolute Gasteiger partial charge is 0.314 e. The van der Waals surface area contributed by atoms with Gasteiger partial charge in [0.2, 0.25) is 0 Å². The van der Waals surface area contributed by atoms with Crippen LogP contribution in [-0.4, -0.2) is 0 Å². The molecule has 0 heterocycles. The summed E-state index contributed by atoms with van der Waals surface area (Å²) in [7, 11) is 0. The number of rotatable bonds is 6. The van der Waals surface area contributed by atoms with Crippen LogP contribution in [0.5, 0.6) is 0 Å². The molecular weight excluding hydrogens is 163 g/mol. The van der Waals surface area contributed by atoms with E-state index in [0.717, 1.165) is 5.92 Å². The van der Waals surface area contributed by atoms with Crippen LogP contribution >= 0.6 is 0 Å². The first-order valence-electron chi connectivity index (χ1n) is 5.79. The Morgan fingerprint density at radius 1 is 1.21 bits per heavy atom. The molecule has 2 atom stereocenters. The Hall–Kier alpha value is 0.597. The molecule has 0 bridgehead atoms. The second kappa shape index (κ2) is 7.83. The Morgan fingerprint density at radius 3 is 2.00 bits per heavy atom. The first-order valence-corrected chi connectivity index (χ1v) is 5.79.